The molecule has 0 aliphatic carbocycles. The number of rotatable bonds is 9. The summed E-state index contributed by atoms with van der Waals surface area (Å²) >= 11 is 0. The number of aliphatic hydroxyl groups excluding tert-OH is 1. The highest BCUT2D eigenvalue weighted by atomic mass is 16.5. The number of carbonyl (C=O) groups excluding carboxylic acids is 1. The van der Waals surface area contributed by atoms with Crippen LogP contribution >= 0.6 is 0 Å². The van der Waals surface area contributed by atoms with Crippen LogP contribution < -0.4 is 14.8 Å². The molecule has 0 saturated heterocycles. The van der Waals surface area contributed by atoms with Crippen molar-refractivity contribution in [2.75, 3.05) is 33.9 Å². The lowest BCUT2D eigenvalue weighted by atomic mass is 10.1. The highest BCUT2D eigenvalue weighted by Gasteiger charge is 2.14. The van der Waals surface area contributed by atoms with Gasteiger partial charge in [-0.05, 0) is 25.1 Å². The number of esters is 1. The van der Waals surface area contributed by atoms with E-state index in [-0.39, 0.29) is 12.4 Å². The van der Waals surface area contributed by atoms with E-state index in [1.165, 1.54) is 0 Å². The van der Waals surface area contributed by atoms with Crippen LogP contribution in [0.3, 0.4) is 0 Å². The highest BCUT2D eigenvalue weighted by molar-refractivity contribution is 5.69. The summed E-state index contributed by atoms with van der Waals surface area (Å²) < 4.78 is 15.2. The Bertz CT molecular complexity index is 450. The number of aliphatic hydroxyl groups is 1. The highest BCUT2D eigenvalue weighted by Crippen LogP contribution is 2.28. The Morgan fingerprint density at radius 1 is 1.33 bits per heavy atom. The van der Waals surface area contributed by atoms with Crippen LogP contribution in [0.2, 0.25) is 0 Å². The minimum atomic E-state index is -0.753. The third-order valence-corrected chi connectivity index (χ3v) is 2.94. The van der Waals surface area contributed by atoms with Crippen molar-refractivity contribution in [2.24, 2.45) is 0 Å². The first-order valence-electron chi connectivity index (χ1n) is 6.88. The second-order valence-electron chi connectivity index (χ2n) is 4.38. The summed E-state index contributed by atoms with van der Waals surface area (Å²) in [5, 5.41) is 13.2. The molecule has 0 saturated carbocycles. The molecule has 1 aromatic rings. The average molecular weight is 297 g/mol. The fourth-order valence-electron chi connectivity index (χ4n) is 1.87. The van der Waals surface area contributed by atoms with Crippen LogP contribution in [0.25, 0.3) is 0 Å². The van der Waals surface area contributed by atoms with Gasteiger partial charge >= 0.3 is 5.97 Å². The fourth-order valence-corrected chi connectivity index (χ4v) is 1.87. The van der Waals surface area contributed by atoms with Crippen LogP contribution in [0, 0.1) is 0 Å². The molecule has 118 valence electrons. The van der Waals surface area contributed by atoms with Crippen LogP contribution in [0.5, 0.6) is 11.5 Å². The van der Waals surface area contributed by atoms with Gasteiger partial charge in [-0.3, -0.25) is 4.79 Å². The zero-order valence-electron chi connectivity index (χ0n) is 12.7. The zero-order chi connectivity index (χ0) is 15.7. The van der Waals surface area contributed by atoms with Crippen molar-refractivity contribution < 1.29 is 24.1 Å². The van der Waals surface area contributed by atoms with Gasteiger partial charge in [-0.2, -0.15) is 0 Å². The number of benzene rings is 1. The number of hydrogen-bond acceptors (Lipinski definition) is 6. The number of nitrogens with one attached hydrogen (secondary N) is 1. The van der Waals surface area contributed by atoms with Crippen molar-refractivity contribution in [1.29, 1.82) is 0 Å². The maximum atomic E-state index is 11.2. The van der Waals surface area contributed by atoms with Crippen molar-refractivity contribution in [3.8, 4) is 11.5 Å². The SMILES string of the molecule is CCOC(=O)CCNCC(O)c1cc(OC)ccc1OC. The maximum Gasteiger partial charge on any atom is 0.307 e. The van der Waals surface area contributed by atoms with Gasteiger partial charge in [-0.1, -0.05) is 0 Å². The Morgan fingerprint density at radius 3 is 2.71 bits per heavy atom. The Balaban J connectivity index is 2.51. The molecule has 1 aromatic carbocycles. The van der Waals surface area contributed by atoms with Crippen molar-refractivity contribution in [1.82, 2.24) is 5.32 Å². The van der Waals surface area contributed by atoms with E-state index < -0.39 is 6.10 Å². The fraction of sp³-hybridized carbons (Fsp3) is 0.533. The zero-order valence-corrected chi connectivity index (χ0v) is 12.7. The second-order valence-corrected chi connectivity index (χ2v) is 4.38. The smallest absolute Gasteiger partial charge is 0.307 e. The van der Waals surface area contributed by atoms with Gasteiger partial charge in [0.15, 0.2) is 0 Å². The van der Waals surface area contributed by atoms with E-state index in [4.69, 9.17) is 14.2 Å². The molecule has 1 rings (SSSR count). The molecule has 0 spiro atoms. The summed E-state index contributed by atoms with van der Waals surface area (Å²) in [6.07, 6.45) is -0.479. The lowest BCUT2D eigenvalue weighted by molar-refractivity contribution is -0.143. The first-order valence-corrected chi connectivity index (χ1v) is 6.88. The second kappa shape index (κ2) is 9.20. The van der Waals surface area contributed by atoms with Crippen LogP contribution in [0.1, 0.15) is 25.0 Å². The van der Waals surface area contributed by atoms with Crippen LogP contribution in [-0.2, 0) is 9.53 Å². The predicted octanol–water partition coefficient (Wildman–Crippen LogP) is 1.28. The summed E-state index contributed by atoms with van der Waals surface area (Å²) in [5.74, 6) is 0.991. The van der Waals surface area contributed by atoms with Crippen molar-refractivity contribution in [2.45, 2.75) is 19.4 Å². The largest absolute Gasteiger partial charge is 0.497 e. The van der Waals surface area contributed by atoms with Crippen LogP contribution in [0.15, 0.2) is 18.2 Å². The van der Waals surface area contributed by atoms with Crippen molar-refractivity contribution in [3.05, 3.63) is 23.8 Å². The molecular formula is C15H23NO5. The Labute approximate surface area is 125 Å². The first-order chi connectivity index (χ1) is 10.1. The average Bonchev–Trinajstić information content (AvgIpc) is 2.50. The molecule has 1 atom stereocenters. The number of ether oxygens (including phenoxy) is 3. The molecule has 6 nitrogen and oxygen atoms in total. The number of hydrogen-bond donors (Lipinski definition) is 2. The number of carbonyl (C=O) groups is 1. The summed E-state index contributed by atoms with van der Waals surface area (Å²) in [4.78, 5) is 11.2. The summed E-state index contributed by atoms with van der Waals surface area (Å²) in [7, 11) is 3.11. The van der Waals surface area contributed by atoms with E-state index in [1.807, 2.05) is 0 Å². The third-order valence-electron chi connectivity index (χ3n) is 2.94. The van der Waals surface area contributed by atoms with E-state index in [9.17, 15) is 9.90 Å². The van der Waals surface area contributed by atoms with E-state index in [0.717, 1.165) is 0 Å². The lowest BCUT2D eigenvalue weighted by Crippen LogP contribution is -2.25. The van der Waals surface area contributed by atoms with Crippen LogP contribution in [0.4, 0.5) is 0 Å². The van der Waals surface area contributed by atoms with Gasteiger partial charge in [0.05, 0.1) is 33.4 Å². The van der Waals surface area contributed by atoms with Gasteiger partial charge in [0.2, 0.25) is 0 Å². The Hall–Kier alpha value is -1.79. The normalized spacial score (nSPS) is 11.8. The van der Waals surface area contributed by atoms with Gasteiger partial charge < -0.3 is 24.6 Å². The third kappa shape index (κ3) is 5.61. The van der Waals surface area contributed by atoms with Crippen LogP contribution in [-0.4, -0.2) is 45.0 Å². The number of methoxy groups -OCH3 is 2. The molecule has 0 fully saturated rings. The molecule has 0 aliphatic rings. The minimum absolute atomic E-state index is 0.251. The topological polar surface area (TPSA) is 77.0 Å². The molecular weight excluding hydrogens is 274 g/mol. The standard InChI is InChI=1S/C15H23NO5/c1-4-21-15(18)7-8-16-10-13(17)12-9-11(19-2)5-6-14(12)20-3/h5-6,9,13,16-17H,4,7-8,10H2,1-3H3. The molecule has 2 N–H and O–H groups in total. The molecule has 0 radical (unpaired) electrons. The molecule has 0 heterocycles. The van der Waals surface area contributed by atoms with E-state index in [0.29, 0.717) is 36.8 Å². The Kier molecular flexibility index (Phi) is 7.56. The quantitative estimate of drug-likeness (QED) is 0.528. The van der Waals surface area contributed by atoms with E-state index >= 15 is 0 Å². The maximum absolute atomic E-state index is 11.2. The van der Waals surface area contributed by atoms with Gasteiger partial charge in [-0.25, -0.2) is 0 Å². The monoisotopic (exact) mass is 297 g/mol. The molecule has 0 aliphatic heterocycles. The predicted molar refractivity (Wildman–Crippen MR) is 78.6 cm³/mol. The van der Waals surface area contributed by atoms with E-state index in [1.54, 1.807) is 39.3 Å². The first kappa shape index (κ1) is 17.3. The summed E-state index contributed by atoms with van der Waals surface area (Å²) in [5.41, 5.74) is 0.639. The summed E-state index contributed by atoms with van der Waals surface area (Å²) in [6.45, 7) is 2.90. The molecule has 0 aromatic heterocycles. The summed E-state index contributed by atoms with van der Waals surface area (Å²) in [6, 6.07) is 5.25. The van der Waals surface area contributed by atoms with Gasteiger partial charge in [0.1, 0.15) is 11.5 Å². The van der Waals surface area contributed by atoms with Gasteiger partial charge in [0.25, 0.3) is 0 Å². The minimum Gasteiger partial charge on any atom is -0.497 e. The van der Waals surface area contributed by atoms with Crippen molar-refractivity contribution >= 4 is 5.97 Å². The van der Waals surface area contributed by atoms with Gasteiger partial charge in [-0.15, -0.1) is 0 Å². The Morgan fingerprint density at radius 2 is 2.10 bits per heavy atom. The molecule has 6 heteroatoms. The molecule has 0 amide bonds. The van der Waals surface area contributed by atoms with E-state index in [2.05, 4.69) is 5.32 Å². The molecule has 1 unspecified atom stereocenters. The lowest BCUT2D eigenvalue weighted by Gasteiger charge is -2.16. The van der Waals surface area contributed by atoms with Crippen molar-refractivity contribution in [3.63, 3.8) is 0 Å². The van der Waals surface area contributed by atoms with Gasteiger partial charge in [0, 0.05) is 18.7 Å². The molecule has 21 heavy (non-hydrogen) atoms. The molecule has 0 bridgehead atoms.